The molecule has 1 aliphatic heterocycles. The van der Waals surface area contributed by atoms with Gasteiger partial charge in [-0.1, -0.05) is 6.92 Å². The second-order valence-corrected chi connectivity index (χ2v) is 5.62. The van der Waals surface area contributed by atoms with Gasteiger partial charge in [0, 0.05) is 31.1 Å². The number of piperidine rings is 1. The van der Waals surface area contributed by atoms with Crippen LogP contribution in [0.25, 0.3) is 0 Å². The maximum absolute atomic E-state index is 10.8. The third-order valence-electron chi connectivity index (χ3n) is 4.21. The van der Waals surface area contributed by atoms with Crippen molar-refractivity contribution in [3.05, 3.63) is 17.7 Å². The second kappa shape index (κ2) is 7.34. The van der Waals surface area contributed by atoms with Gasteiger partial charge in [-0.25, -0.2) is 0 Å². The summed E-state index contributed by atoms with van der Waals surface area (Å²) in [6, 6.07) is 4.08. The molecular formula is C17H25NO3. The van der Waals surface area contributed by atoms with Gasteiger partial charge in [0.25, 0.3) is 0 Å². The quantitative estimate of drug-likeness (QED) is 0.753. The predicted octanol–water partition coefficient (Wildman–Crippen LogP) is 3.39. The minimum absolute atomic E-state index is 0.127. The lowest BCUT2D eigenvalue weighted by Gasteiger charge is -2.31. The van der Waals surface area contributed by atoms with Crippen LogP contribution in [0.15, 0.2) is 12.1 Å². The topological polar surface area (TPSA) is 38.8 Å². The molecule has 1 aliphatic rings. The Kier molecular flexibility index (Phi) is 5.48. The van der Waals surface area contributed by atoms with Crippen molar-refractivity contribution >= 4 is 12.0 Å². The monoisotopic (exact) mass is 291 g/mol. The van der Waals surface area contributed by atoms with E-state index >= 15 is 0 Å². The van der Waals surface area contributed by atoms with Crippen LogP contribution in [0.2, 0.25) is 0 Å². The van der Waals surface area contributed by atoms with Gasteiger partial charge in [0.2, 0.25) is 0 Å². The molecule has 1 heterocycles. The minimum Gasteiger partial charge on any atom is -0.496 e. The maximum atomic E-state index is 10.8. The molecule has 0 spiro atoms. The van der Waals surface area contributed by atoms with E-state index in [2.05, 4.69) is 11.0 Å². The number of aldehydes is 1. The molecule has 4 heteroatoms. The summed E-state index contributed by atoms with van der Waals surface area (Å²) in [4.78, 5) is 13.1. The molecule has 0 saturated carbocycles. The number of rotatable bonds is 6. The molecule has 0 aliphatic carbocycles. The van der Waals surface area contributed by atoms with Crippen molar-refractivity contribution in [2.24, 2.45) is 0 Å². The molecule has 1 fully saturated rings. The molecular weight excluding hydrogens is 266 g/mol. The van der Waals surface area contributed by atoms with Crippen LogP contribution >= 0.6 is 0 Å². The van der Waals surface area contributed by atoms with Crippen molar-refractivity contribution in [3.63, 3.8) is 0 Å². The molecule has 0 N–H and O–H groups in total. The highest BCUT2D eigenvalue weighted by Gasteiger charge is 2.20. The number of nitrogens with zero attached hydrogens (tertiary/aromatic N) is 1. The number of carbonyl (C=O) groups excluding carboxylic acids is 1. The number of hydrogen-bond donors (Lipinski definition) is 0. The molecule has 1 aromatic rings. The Hall–Kier alpha value is -1.71. The van der Waals surface area contributed by atoms with Gasteiger partial charge in [-0.3, -0.25) is 0 Å². The smallest absolute Gasteiger partial charge is 0.142 e. The largest absolute Gasteiger partial charge is 0.496 e. The average Bonchev–Trinajstić information content (AvgIpc) is 2.54. The third-order valence-corrected chi connectivity index (χ3v) is 4.21. The van der Waals surface area contributed by atoms with Gasteiger partial charge in [-0.2, -0.15) is 0 Å². The third kappa shape index (κ3) is 3.49. The highest BCUT2D eigenvalue weighted by atomic mass is 16.5. The first-order chi connectivity index (χ1) is 10.2. The Balaban J connectivity index is 2.39. The molecule has 1 aromatic carbocycles. The highest BCUT2D eigenvalue weighted by Crippen LogP contribution is 2.40. The van der Waals surface area contributed by atoms with Crippen molar-refractivity contribution in [1.29, 1.82) is 0 Å². The van der Waals surface area contributed by atoms with Crippen LogP contribution in [0.3, 0.4) is 0 Å². The molecule has 21 heavy (non-hydrogen) atoms. The fourth-order valence-electron chi connectivity index (χ4n) is 2.94. The van der Waals surface area contributed by atoms with Crippen LogP contribution in [-0.2, 0) is 4.79 Å². The molecule has 116 valence electrons. The summed E-state index contributed by atoms with van der Waals surface area (Å²) in [7, 11) is 3.38. The Morgan fingerprint density at radius 1 is 1.14 bits per heavy atom. The summed E-state index contributed by atoms with van der Waals surface area (Å²) < 4.78 is 11.1. The highest BCUT2D eigenvalue weighted by molar-refractivity contribution is 5.65. The number of ether oxygens (including phenoxy) is 2. The number of benzene rings is 1. The van der Waals surface area contributed by atoms with Gasteiger partial charge in [0.15, 0.2) is 0 Å². The summed E-state index contributed by atoms with van der Waals surface area (Å²) in [5.41, 5.74) is 2.12. The zero-order valence-corrected chi connectivity index (χ0v) is 13.2. The average molecular weight is 291 g/mol. The molecule has 0 amide bonds. The van der Waals surface area contributed by atoms with E-state index in [1.807, 2.05) is 13.0 Å². The van der Waals surface area contributed by atoms with E-state index in [1.165, 1.54) is 19.3 Å². The van der Waals surface area contributed by atoms with Gasteiger partial charge >= 0.3 is 0 Å². The van der Waals surface area contributed by atoms with Gasteiger partial charge in [0.05, 0.1) is 19.9 Å². The summed E-state index contributed by atoms with van der Waals surface area (Å²) in [5, 5.41) is 0. The van der Waals surface area contributed by atoms with Crippen molar-refractivity contribution in [2.45, 2.75) is 38.5 Å². The van der Waals surface area contributed by atoms with Crippen LogP contribution in [0.4, 0.5) is 5.69 Å². The van der Waals surface area contributed by atoms with Gasteiger partial charge in [0.1, 0.15) is 17.8 Å². The normalized spacial score (nSPS) is 16.4. The van der Waals surface area contributed by atoms with Crippen molar-refractivity contribution in [3.8, 4) is 11.5 Å². The molecule has 4 nitrogen and oxygen atoms in total. The first-order valence-electron chi connectivity index (χ1n) is 7.65. The number of carbonyl (C=O) groups is 1. The van der Waals surface area contributed by atoms with E-state index in [1.54, 1.807) is 14.2 Å². The number of hydrogen-bond acceptors (Lipinski definition) is 4. The van der Waals surface area contributed by atoms with E-state index < -0.39 is 0 Å². The summed E-state index contributed by atoms with van der Waals surface area (Å²) in [6.45, 7) is 4.15. The van der Waals surface area contributed by atoms with Crippen LogP contribution in [0.1, 0.15) is 44.1 Å². The Morgan fingerprint density at radius 3 is 2.38 bits per heavy atom. The Labute approximate surface area is 127 Å². The zero-order valence-electron chi connectivity index (χ0n) is 13.2. The molecule has 2 rings (SSSR count). The second-order valence-electron chi connectivity index (χ2n) is 5.62. The molecule has 1 saturated heterocycles. The molecule has 1 unspecified atom stereocenters. The van der Waals surface area contributed by atoms with E-state index in [9.17, 15) is 4.79 Å². The predicted molar refractivity (Wildman–Crippen MR) is 84.7 cm³/mol. The Morgan fingerprint density at radius 2 is 1.81 bits per heavy atom. The lowest BCUT2D eigenvalue weighted by molar-refractivity contribution is -0.108. The number of anilines is 1. The van der Waals surface area contributed by atoms with E-state index in [0.29, 0.717) is 6.42 Å². The molecule has 0 bridgehead atoms. The van der Waals surface area contributed by atoms with Crippen LogP contribution in [0.5, 0.6) is 11.5 Å². The fourth-order valence-corrected chi connectivity index (χ4v) is 2.94. The molecule has 0 aromatic heterocycles. The maximum Gasteiger partial charge on any atom is 0.142 e. The lowest BCUT2D eigenvalue weighted by Crippen LogP contribution is -2.29. The summed E-state index contributed by atoms with van der Waals surface area (Å²) in [6.07, 6.45) is 5.17. The van der Waals surface area contributed by atoms with Crippen molar-refractivity contribution in [1.82, 2.24) is 0 Å². The van der Waals surface area contributed by atoms with Crippen molar-refractivity contribution in [2.75, 3.05) is 32.2 Å². The van der Waals surface area contributed by atoms with Gasteiger partial charge in [-0.05, 0) is 31.2 Å². The van der Waals surface area contributed by atoms with E-state index in [-0.39, 0.29) is 5.92 Å². The first-order valence-corrected chi connectivity index (χ1v) is 7.65. The first kappa shape index (κ1) is 15.7. The van der Waals surface area contributed by atoms with E-state index in [4.69, 9.17) is 9.47 Å². The van der Waals surface area contributed by atoms with Crippen molar-refractivity contribution < 1.29 is 14.3 Å². The minimum atomic E-state index is 0.127. The molecule has 0 radical (unpaired) electrons. The zero-order chi connectivity index (χ0) is 15.2. The summed E-state index contributed by atoms with van der Waals surface area (Å²) >= 11 is 0. The van der Waals surface area contributed by atoms with Gasteiger partial charge < -0.3 is 19.2 Å². The summed E-state index contributed by atoms with van der Waals surface area (Å²) in [5.74, 6) is 1.83. The van der Waals surface area contributed by atoms with Crippen LogP contribution < -0.4 is 14.4 Å². The van der Waals surface area contributed by atoms with Gasteiger partial charge in [-0.15, -0.1) is 0 Å². The SMILES string of the molecule is COc1cc(N2CCCCC2)c(OC)cc1C(C)CC=O. The number of methoxy groups -OCH3 is 2. The standard InChI is InChI=1S/C17H25NO3/c1-13(7-10-19)14-11-17(21-3)15(12-16(14)20-2)18-8-5-4-6-9-18/h10-13H,4-9H2,1-3H3. The van der Waals surface area contributed by atoms with Crippen LogP contribution in [-0.4, -0.2) is 33.6 Å². The van der Waals surface area contributed by atoms with E-state index in [0.717, 1.165) is 42.1 Å². The lowest BCUT2D eigenvalue weighted by atomic mass is 9.96. The fraction of sp³-hybridized carbons (Fsp3) is 0.588. The van der Waals surface area contributed by atoms with Crippen LogP contribution in [0, 0.1) is 0 Å². The molecule has 1 atom stereocenters. The Bertz CT molecular complexity index is 481.